The lowest BCUT2D eigenvalue weighted by Gasteiger charge is -1.98. The first kappa shape index (κ1) is 7.92. The van der Waals surface area contributed by atoms with E-state index in [9.17, 15) is 4.79 Å². The van der Waals surface area contributed by atoms with E-state index in [1.54, 1.807) is 0 Å². The summed E-state index contributed by atoms with van der Waals surface area (Å²) in [4.78, 5) is 10.2. The number of hydrazine groups is 1. The van der Waals surface area contributed by atoms with Crippen molar-refractivity contribution in [2.45, 2.75) is 13.3 Å². The molecule has 0 atom stereocenters. The Balaban J connectivity index is 2.94. The first-order chi connectivity index (χ1) is 4.27. The molecule has 0 bridgehead atoms. The molecular weight excluding hydrogens is 118 g/mol. The third kappa shape index (κ3) is 6.92. The molecule has 0 heterocycles. The third-order valence-corrected chi connectivity index (χ3v) is 0.626. The third-order valence-electron chi connectivity index (χ3n) is 0.626. The molecule has 0 aliphatic carbocycles. The number of nitriles is 1. The zero-order chi connectivity index (χ0) is 7.11. The van der Waals surface area contributed by atoms with Crippen molar-refractivity contribution in [2.24, 2.45) is 0 Å². The van der Waals surface area contributed by atoms with E-state index in [-0.39, 0.29) is 5.91 Å². The number of carbonyl (C=O) groups excluding carboxylic acids is 1. The molecule has 0 aliphatic rings. The van der Waals surface area contributed by atoms with Gasteiger partial charge in [-0.2, -0.15) is 5.26 Å². The zero-order valence-electron chi connectivity index (χ0n) is 5.27. The number of rotatable bonds is 3. The highest BCUT2D eigenvalue weighted by Gasteiger charge is 1.85. The number of nitrogens with zero attached hydrogens (tertiary/aromatic N) is 1. The van der Waals surface area contributed by atoms with Crippen LogP contribution in [0.1, 0.15) is 13.3 Å². The number of hydrogen-bond donors (Lipinski definition) is 2. The molecule has 0 rings (SSSR count). The predicted octanol–water partition coefficient (Wildman–Crippen LogP) is -0.459. The SMILES string of the molecule is CC(=O)NNCCC#N. The topological polar surface area (TPSA) is 64.9 Å². The summed E-state index contributed by atoms with van der Waals surface area (Å²) in [5.41, 5.74) is 4.90. The van der Waals surface area contributed by atoms with Gasteiger partial charge in [-0.05, 0) is 0 Å². The lowest BCUT2D eigenvalue weighted by molar-refractivity contribution is -0.119. The molecule has 50 valence electrons. The summed E-state index contributed by atoms with van der Waals surface area (Å²) in [6.45, 7) is 1.90. The minimum Gasteiger partial charge on any atom is -0.292 e. The number of nitrogens with one attached hydrogen (secondary N) is 2. The standard InChI is InChI=1S/C5H9N3O/c1-5(9)8-7-4-2-3-6/h7H,2,4H2,1H3,(H,8,9). The minimum atomic E-state index is -0.145. The maximum atomic E-state index is 10.2. The molecule has 4 nitrogen and oxygen atoms in total. The summed E-state index contributed by atoms with van der Waals surface area (Å²) >= 11 is 0. The van der Waals surface area contributed by atoms with Gasteiger partial charge in [0.05, 0.1) is 6.07 Å². The van der Waals surface area contributed by atoms with Gasteiger partial charge in [0.15, 0.2) is 0 Å². The Morgan fingerprint density at radius 2 is 2.44 bits per heavy atom. The summed E-state index contributed by atoms with van der Waals surface area (Å²) in [7, 11) is 0. The molecule has 0 saturated carbocycles. The van der Waals surface area contributed by atoms with Crippen LogP contribution in [-0.2, 0) is 4.79 Å². The largest absolute Gasteiger partial charge is 0.292 e. The second-order valence-corrected chi connectivity index (χ2v) is 1.52. The molecular formula is C5H9N3O. The molecule has 0 radical (unpaired) electrons. The van der Waals surface area contributed by atoms with Crippen LogP contribution in [0, 0.1) is 11.3 Å². The van der Waals surface area contributed by atoms with Crippen molar-refractivity contribution in [1.82, 2.24) is 10.9 Å². The van der Waals surface area contributed by atoms with Crippen molar-refractivity contribution < 1.29 is 4.79 Å². The van der Waals surface area contributed by atoms with Crippen molar-refractivity contribution in [3.05, 3.63) is 0 Å². The highest BCUT2D eigenvalue weighted by atomic mass is 16.2. The first-order valence-corrected chi connectivity index (χ1v) is 2.63. The fraction of sp³-hybridized carbons (Fsp3) is 0.600. The van der Waals surface area contributed by atoms with Crippen molar-refractivity contribution in [3.63, 3.8) is 0 Å². The monoisotopic (exact) mass is 127 g/mol. The van der Waals surface area contributed by atoms with Crippen LogP contribution >= 0.6 is 0 Å². The van der Waals surface area contributed by atoms with Crippen molar-refractivity contribution in [3.8, 4) is 6.07 Å². The molecule has 0 unspecified atom stereocenters. The Labute approximate surface area is 53.8 Å². The molecule has 0 aromatic rings. The highest BCUT2D eigenvalue weighted by Crippen LogP contribution is 1.65. The van der Waals surface area contributed by atoms with Crippen molar-refractivity contribution in [2.75, 3.05) is 6.54 Å². The van der Waals surface area contributed by atoms with Crippen molar-refractivity contribution in [1.29, 1.82) is 5.26 Å². The fourth-order valence-electron chi connectivity index (χ4n) is 0.305. The molecule has 0 saturated heterocycles. The van der Waals surface area contributed by atoms with Crippen LogP contribution in [0.3, 0.4) is 0 Å². The molecule has 2 N–H and O–H groups in total. The number of amides is 1. The van der Waals surface area contributed by atoms with Gasteiger partial charge in [-0.1, -0.05) is 0 Å². The summed E-state index contributed by atoms with van der Waals surface area (Å²) < 4.78 is 0. The quantitative estimate of drug-likeness (QED) is 0.398. The molecule has 4 heteroatoms. The van der Waals surface area contributed by atoms with Crippen LogP contribution in [0.25, 0.3) is 0 Å². The van der Waals surface area contributed by atoms with E-state index < -0.39 is 0 Å². The molecule has 9 heavy (non-hydrogen) atoms. The second-order valence-electron chi connectivity index (χ2n) is 1.52. The average Bonchev–Trinajstić information content (AvgIpc) is 1.80. The van der Waals surface area contributed by atoms with Gasteiger partial charge in [0.1, 0.15) is 0 Å². The van der Waals surface area contributed by atoms with Gasteiger partial charge in [-0.3, -0.25) is 10.2 Å². The van der Waals surface area contributed by atoms with Crippen LogP contribution in [0.4, 0.5) is 0 Å². The van der Waals surface area contributed by atoms with Crippen LogP contribution in [0.5, 0.6) is 0 Å². The maximum Gasteiger partial charge on any atom is 0.230 e. The van der Waals surface area contributed by atoms with E-state index in [4.69, 9.17) is 5.26 Å². The van der Waals surface area contributed by atoms with E-state index >= 15 is 0 Å². The first-order valence-electron chi connectivity index (χ1n) is 2.63. The lowest BCUT2D eigenvalue weighted by atomic mass is 10.5. The Hall–Kier alpha value is -1.08. The zero-order valence-corrected chi connectivity index (χ0v) is 5.27. The fourth-order valence-corrected chi connectivity index (χ4v) is 0.305. The molecule has 0 spiro atoms. The van der Waals surface area contributed by atoms with Crippen LogP contribution in [0.15, 0.2) is 0 Å². The van der Waals surface area contributed by atoms with Crippen LogP contribution < -0.4 is 10.9 Å². The van der Waals surface area contributed by atoms with Gasteiger partial charge < -0.3 is 0 Å². The summed E-state index contributed by atoms with van der Waals surface area (Å²) in [6, 6.07) is 1.93. The second kappa shape index (κ2) is 5.06. The van der Waals surface area contributed by atoms with E-state index in [0.29, 0.717) is 13.0 Å². The van der Waals surface area contributed by atoms with Gasteiger partial charge in [0.2, 0.25) is 5.91 Å². The average molecular weight is 127 g/mol. The summed E-state index contributed by atoms with van der Waals surface area (Å²) in [6.07, 6.45) is 0.403. The van der Waals surface area contributed by atoms with Gasteiger partial charge in [0, 0.05) is 19.9 Å². The van der Waals surface area contributed by atoms with Gasteiger partial charge in [0.25, 0.3) is 0 Å². The van der Waals surface area contributed by atoms with Crippen molar-refractivity contribution >= 4 is 5.91 Å². The van der Waals surface area contributed by atoms with E-state index in [1.165, 1.54) is 6.92 Å². The summed E-state index contributed by atoms with van der Waals surface area (Å²) in [5, 5.41) is 8.03. The Morgan fingerprint density at radius 1 is 1.78 bits per heavy atom. The van der Waals surface area contributed by atoms with E-state index in [1.807, 2.05) is 6.07 Å². The smallest absolute Gasteiger partial charge is 0.230 e. The summed E-state index contributed by atoms with van der Waals surface area (Å²) in [5.74, 6) is -0.145. The van der Waals surface area contributed by atoms with Crippen LogP contribution in [-0.4, -0.2) is 12.5 Å². The van der Waals surface area contributed by atoms with E-state index in [0.717, 1.165) is 0 Å². The molecule has 0 fully saturated rings. The molecule has 0 aliphatic heterocycles. The molecule has 0 aromatic heterocycles. The number of hydrogen-bond acceptors (Lipinski definition) is 3. The maximum absolute atomic E-state index is 10.2. The van der Waals surface area contributed by atoms with Gasteiger partial charge in [-0.15, -0.1) is 0 Å². The Bertz CT molecular complexity index is 127. The van der Waals surface area contributed by atoms with Crippen LogP contribution in [0.2, 0.25) is 0 Å². The predicted molar refractivity (Wildman–Crippen MR) is 32.0 cm³/mol. The molecule has 0 aromatic carbocycles. The highest BCUT2D eigenvalue weighted by molar-refractivity contribution is 5.72. The molecule has 1 amide bonds. The van der Waals surface area contributed by atoms with Gasteiger partial charge in [-0.25, -0.2) is 5.43 Å². The number of carbonyl (C=O) groups is 1. The Morgan fingerprint density at radius 3 is 2.89 bits per heavy atom. The lowest BCUT2D eigenvalue weighted by Crippen LogP contribution is -2.35. The van der Waals surface area contributed by atoms with Gasteiger partial charge >= 0.3 is 0 Å². The minimum absolute atomic E-state index is 0.145. The normalized spacial score (nSPS) is 8.00. The Kier molecular flexibility index (Phi) is 4.46. The van der Waals surface area contributed by atoms with E-state index in [2.05, 4.69) is 10.9 Å².